The minimum Gasteiger partial charge on any atom is -0.357 e. The van der Waals surface area contributed by atoms with Crippen LogP contribution < -0.4 is 5.32 Å². The highest BCUT2D eigenvalue weighted by Crippen LogP contribution is 2.07. The average Bonchev–Trinajstić information content (AvgIpc) is 2.97. The van der Waals surface area contributed by atoms with E-state index < -0.39 is 0 Å². The number of allylic oxidation sites excluding steroid dienone is 1. The van der Waals surface area contributed by atoms with Gasteiger partial charge < -0.3 is 15.1 Å². The van der Waals surface area contributed by atoms with Crippen molar-refractivity contribution < 1.29 is 4.79 Å². The molecule has 6 heteroatoms. The second kappa shape index (κ2) is 11.8. The molecule has 0 unspecified atom stereocenters. The summed E-state index contributed by atoms with van der Waals surface area (Å²) in [6.45, 7) is 9.51. The molecule has 0 saturated carbocycles. The van der Waals surface area contributed by atoms with Gasteiger partial charge in [-0.25, -0.2) is 4.99 Å². The Morgan fingerprint density at radius 3 is 2.67 bits per heavy atom. The molecule has 0 spiro atoms. The molecule has 0 aromatic heterocycles. The van der Waals surface area contributed by atoms with E-state index in [2.05, 4.69) is 21.8 Å². The van der Waals surface area contributed by atoms with Crippen LogP contribution in [0.1, 0.15) is 32.6 Å². The quantitative estimate of drug-likeness (QED) is 0.231. The van der Waals surface area contributed by atoms with Gasteiger partial charge in [0.1, 0.15) is 6.54 Å². The zero-order chi connectivity index (χ0) is 14.8. The lowest BCUT2D eigenvalue weighted by molar-refractivity contribution is -0.128. The SMILES string of the molecule is C=CCCCN(C)C(=NCC(=O)N1CCCC1)NCC.I. The first kappa shape index (κ1) is 20.2. The van der Waals surface area contributed by atoms with Crippen LogP contribution in [0.5, 0.6) is 0 Å². The van der Waals surface area contributed by atoms with E-state index >= 15 is 0 Å². The summed E-state index contributed by atoms with van der Waals surface area (Å²) in [4.78, 5) is 20.4. The number of nitrogens with one attached hydrogen (secondary N) is 1. The summed E-state index contributed by atoms with van der Waals surface area (Å²) in [7, 11) is 2.00. The Morgan fingerprint density at radius 2 is 2.10 bits per heavy atom. The van der Waals surface area contributed by atoms with Gasteiger partial charge in [-0.1, -0.05) is 6.08 Å². The summed E-state index contributed by atoms with van der Waals surface area (Å²) in [5, 5.41) is 3.23. The predicted molar refractivity (Wildman–Crippen MR) is 99.3 cm³/mol. The molecule has 0 radical (unpaired) electrons. The van der Waals surface area contributed by atoms with Crippen molar-refractivity contribution in [1.82, 2.24) is 15.1 Å². The van der Waals surface area contributed by atoms with Crippen LogP contribution in [0, 0.1) is 0 Å². The van der Waals surface area contributed by atoms with Crippen LogP contribution in [0.25, 0.3) is 0 Å². The van der Waals surface area contributed by atoms with Crippen LogP contribution in [0.2, 0.25) is 0 Å². The summed E-state index contributed by atoms with van der Waals surface area (Å²) < 4.78 is 0. The Labute approximate surface area is 145 Å². The van der Waals surface area contributed by atoms with Crippen molar-refractivity contribution in [2.75, 3.05) is 39.8 Å². The molecule has 0 atom stereocenters. The summed E-state index contributed by atoms with van der Waals surface area (Å²) >= 11 is 0. The van der Waals surface area contributed by atoms with Crippen molar-refractivity contribution in [3.05, 3.63) is 12.7 Å². The fourth-order valence-corrected chi connectivity index (χ4v) is 2.26. The zero-order valence-corrected chi connectivity index (χ0v) is 15.6. The van der Waals surface area contributed by atoms with Gasteiger partial charge in [-0.15, -0.1) is 30.6 Å². The van der Waals surface area contributed by atoms with Gasteiger partial charge in [-0.05, 0) is 32.6 Å². The van der Waals surface area contributed by atoms with Crippen molar-refractivity contribution in [3.63, 3.8) is 0 Å². The molecule has 5 nitrogen and oxygen atoms in total. The molecular weight excluding hydrogens is 379 g/mol. The molecule has 0 bridgehead atoms. The van der Waals surface area contributed by atoms with Gasteiger partial charge in [0.2, 0.25) is 5.91 Å². The molecule has 0 aliphatic carbocycles. The number of halogens is 1. The van der Waals surface area contributed by atoms with E-state index in [4.69, 9.17) is 0 Å². The molecule has 1 N–H and O–H groups in total. The minimum atomic E-state index is 0. The molecule has 1 saturated heterocycles. The third-order valence-corrected chi connectivity index (χ3v) is 3.42. The van der Waals surface area contributed by atoms with Crippen LogP contribution in [0.3, 0.4) is 0 Å². The molecule has 0 aromatic carbocycles. The first-order chi connectivity index (χ1) is 9.69. The van der Waals surface area contributed by atoms with E-state index in [-0.39, 0.29) is 36.4 Å². The number of nitrogens with zero attached hydrogens (tertiary/aromatic N) is 3. The molecule has 1 rings (SSSR count). The van der Waals surface area contributed by atoms with Crippen molar-refractivity contribution in [2.24, 2.45) is 4.99 Å². The standard InChI is InChI=1S/C15H28N4O.HI/c1-4-6-7-10-18(3)15(16-5-2)17-13-14(20)19-11-8-9-12-19;/h4H,1,5-13H2,2-3H3,(H,16,17);1H. The number of likely N-dealkylation sites (tertiary alicyclic amines) is 1. The smallest absolute Gasteiger partial charge is 0.244 e. The van der Waals surface area contributed by atoms with Crippen LogP contribution >= 0.6 is 24.0 Å². The maximum Gasteiger partial charge on any atom is 0.244 e. The van der Waals surface area contributed by atoms with Crippen molar-refractivity contribution >= 4 is 35.8 Å². The molecule has 122 valence electrons. The molecule has 0 aromatic rings. The summed E-state index contributed by atoms with van der Waals surface area (Å²) in [6.07, 6.45) is 6.21. The number of hydrogen-bond acceptors (Lipinski definition) is 2. The molecule has 21 heavy (non-hydrogen) atoms. The molecule has 1 heterocycles. The van der Waals surface area contributed by atoms with E-state index in [1.807, 2.05) is 24.9 Å². The lowest BCUT2D eigenvalue weighted by Crippen LogP contribution is -2.40. The maximum absolute atomic E-state index is 12.0. The third-order valence-electron chi connectivity index (χ3n) is 3.42. The Balaban J connectivity index is 0.00000400. The van der Waals surface area contributed by atoms with Gasteiger partial charge in [0.05, 0.1) is 0 Å². The monoisotopic (exact) mass is 408 g/mol. The first-order valence-corrected chi connectivity index (χ1v) is 7.57. The van der Waals surface area contributed by atoms with E-state index in [9.17, 15) is 4.79 Å². The van der Waals surface area contributed by atoms with Crippen LogP contribution in [0.4, 0.5) is 0 Å². The van der Waals surface area contributed by atoms with Gasteiger partial charge in [0.15, 0.2) is 5.96 Å². The van der Waals surface area contributed by atoms with Gasteiger partial charge in [-0.2, -0.15) is 0 Å². The summed E-state index contributed by atoms with van der Waals surface area (Å²) in [6, 6.07) is 0. The lowest BCUT2D eigenvalue weighted by Gasteiger charge is -2.22. The van der Waals surface area contributed by atoms with E-state index in [0.29, 0.717) is 0 Å². The van der Waals surface area contributed by atoms with Crippen molar-refractivity contribution in [1.29, 1.82) is 0 Å². The summed E-state index contributed by atoms with van der Waals surface area (Å²) in [5.41, 5.74) is 0. The highest BCUT2D eigenvalue weighted by atomic mass is 127. The first-order valence-electron chi connectivity index (χ1n) is 7.57. The number of carbonyl (C=O) groups is 1. The van der Waals surface area contributed by atoms with E-state index in [0.717, 1.165) is 57.8 Å². The van der Waals surface area contributed by atoms with Gasteiger partial charge in [0, 0.05) is 33.2 Å². The average molecular weight is 408 g/mol. The molecule has 1 aliphatic heterocycles. The summed E-state index contributed by atoms with van der Waals surface area (Å²) in [5.74, 6) is 0.946. The highest BCUT2D eigenvalue weighted by Gasteiger charge is 2.17. The van der Waals surface area contributed by atoms with E-state index in [1.165, 1.54) is 0 Å². The van der Waals surface area contributed by atoms with Crippen LogP contribution in [-0.2, 0) is 4.79 Å². The topological polar surface area (TPSA) is 47.9 Å². The van der Waals surface area contributed by atoms with Crippen molar-refractivity contribution in [2.45, 2.75) is 32.6 Å². The normalized spacial score (nSPS) is 14.6. The Kier molecular flexibility index (Phi) is 11.4. The van der Waals surface area contributed by atoms with Gasteiger partial charge in [0.25, 0.3) is 0 Å². The Morgan fingerprint density at radius 1 is 1.43 bits per heavy atom. The fourth-order valence-electron chi connectivity index (χ4n) is 2.26. The van der Waals surface area contributed by atoms with Crippen molar-refractivity contribution in [3.8, 4) is 0 Å². The third kappa shape index (κ3) is 7.68. The maximum atomic E-state index is 12.0. The molecule has 1 amide bonds. The number of rotatable bonds is 7. The highest BCUT2D eigenvalue weighted by molar-refractivity contribution is 14.0. The van der Waals surface area contributed by atoms with Gasteiger partial charge >= 0.3 is 0 Å². The predicted octanol–water partition coefficient (Wildman–Crippen LogP) is 2.09. The number of amides is 1. The molecule has 1 fully saturated rings. The second-order valence-corrected chi connectivity index (χ2v) is 5.11. The largest absolute Gasteiger partial charge is 0.357 e. The number of guanidine groups is 1. The number of carbonyl (C=O) groups excluding carboxylic acids is 1. The van der Waals surface area contributed by atoms with Crippen LogP contribution in [-0.4, -0.2) is 61.4 Å². The fraction of sp³-hybridized carbons (Fsp3) is 0.733. The molecular formula is C15H29IN4O. The number of hydrogen-bond donors (Lipinski definition) is 1. The second-order valence-electron chi connectivity index (χ2n) is 5.11. The number of aliphatic imine (C=N–C) groups is 1. The molecule has 1 aliphatic rings. The Bertz CT molecular complexity index is 341. The van der Waals surface area contributed by atoms with E-state index in [1.54, 1.807) is 0 Å². The minimum absolute atomic E-state index is 0. The zero-order valence-electron chi connectivity index (χ0n) is 13.3. The van der Waals surface area contributed by atoms with Crippen LogP contribution in [0.15, 0.2) is 17.6 Å². The number of unbranched alkanes of at least 4 members (excludes halogenated alkanes) is 1. The van der Waals surface area contributed by atoms with Gasteiger partial charge in [-0.3, -0.25) is 4.79 Å². The Hall–Kier alpha value is -0.790. The lowest BCUT2D eigenvalue weighted by atomic mass is 10.3.